The molecule has 0 unspecified atom stereocenters. The van der Waals surface area contributed by atoms with Crippen molar-refractivity contribution >= 4 is 23.0 Å². The molecule has 37 heavy (non-hydrogen) atoms. The first-order valence-corrected chi connectivity index (χ1v) is 11.4. The SMILES string of the molecule is COc1cc(C(C)=O)ccc1OCC(=O)Nc1cccc(-c2ccc3nnc(-c4ccccn4)n3n2)c1. The fourth-order valence-corrected chi connectivity index (χ4v) is 3.70. The molecule has 3 heterocycles. The van der Waals surface area contributed by atoms with Crippen molar-refractivity contribution in [2.75, 3.05) is 19.0 Å². The predicted octanol–water partition coefficient (Wildman–Crippen LogP) is 4.08. The summed E-state index contributed by atoms with van der Waals surface area (Å²) in [6.07, 6.45) is 1.69. The van der Waals surface area contributed by atoms with Gasteiger partial charge in [0.05, 0.1) is 12.8 Å². The van der Waals surface area contributed by atoms with Crippen LogP contribution in [0.2, 0.25) is 0 Å². The van der Waals surface area contributed by atoms with Crippen molar-refractivity contribution in [3.8, 4) is 34.3 Å². The molecule has 0 aliphatic rings. The highest BCUT2D eigenvalue weighted by atomic mass is 16.5. The number of fused-ring (bicyclic) bond motifs is 1. The zero-order chi connectivity index (χ0) is 25.8. The number of Topliss-reactive ketones (excluding diaryl/α,β-unsaturated/α-hetero) is 1. The third-order valence-corrected chi connectivity index (χ3v) is 5.53. The number of nitrogens with one attached hydrogen (secondary N) is 1. The van der Waals surface area contributed by atoms with E-state index in [9.17, 15) is 9.59 Å². The van der Waals surface area contributed by atoms with Crippen LogP contribution in [0.5, 0.6) is 11.5 Å². The van der Waals surface area contributed by atoms with Crippen molar-refractivity contribution in [3.63, 3.8) is 0 Å². The maximum Gasteiger partial charge on any atom is 0.262 e. The number of hydrogen-bond donors (Lipinski definition) is 1. The number of carbonyl (C=O) groups excluding carboxylic acids is 2. The first-order valence-electron chi connectivity index (χ1n) is 11.4. The van der Waals surface area contributed by atoms with Gasteiger partial charge in [0.15, 0.2) is 29.5 Å². The molecular formula is C27H22N6O4. The van der Waals surface area contributed by atoms with Gasteiger partial charge in [-0.1, -0.05) is 18.2 Å². The summed E-state index contributed by atoms with van der Waals surface area (Å²) in [5.74, 6) is 0.836. The van der Waals surface area contributed by atoms with E-state index in [1.54, 1.807) is 35.0 Å². The van der Waals surface area contributed by atoms with E-state index in [2.05, 4.69) is 20.5 Å². The standard InChI is InChI=1S/C27H22N6O4/c1-17(34)18-9-11-23(24(15-18)36-2)37-16-26(35)29-20-7-5-6-19(14-20)21-10-12-25-30-31-27(33(25)32-21)22-8-3-4-13-28-22/h3-15H,16H2,1-2H3,(H,29,35). The Kier molecular flexibility index (Phi) is 6.54. The fourth-order valence-electron chi connectivity index (χ4n) is 3.70. The Labute approximate surface area is 211 Å². The van der Waals surface area contributed by atoms with E-state index in [1.807, 2.05) is 48.5 Å². The van der Waals surface area contributed by atoms with Crippen LogP contribution in [0.3, 0.4) is 0 Å². The Morgan fingerprint density at radius 1 is 0.919 bits per heavy atom. The van der Waals surface area contributed by atoms with Gasteiger partial charge >= 0.3 is 0 Å². The van der Waals surface area contributed by atoms with Crippen LogP contribution in [0.1, 0.15) is 17.3 Å². The highest BCUT2D eigenvalue weighted by Gasteiger charge is 2.13. The van der Waals surface area contributed by atoms with E-state index < -0.39 is 0 Å². The molecule has 0 radical (unpaired) electrons. The molecule has 1 amide bonds. The lowest BCUT2D eigenvalue weighted by Gasteiger charge is -2.12. The van der Waals surface area contributed by atoms with Gasteiger partial charge in [0.2, 0.25) is 5.82 Å². The summed E-state index contributed by atoms with van der Waals surface area (Å²) in [4.78, 5) is 28.5. The van der Waals surface area contributed by atoms with Gasteiger partial charge in [-0.2, -0.15) is 9.61 Å². The Bertz CT molecular complexity index is 1600. The summed E-state index contributed by atoms with van der Waals surface area (Å²) < 4.78 is 12.5. The molecule has 0 spiro atoms. The van der Waals surface area contributed by atoms with E-state index in [1.165, 1.54) is 14.0 Å². The fraction of sp³-hybridized carbons (Fsp3) is 0.111. The van der Waals surface area contributed by atoms with Crippen molar-refractivity contribution in [3.05, 3.63) is 84.6 Å². The lowest BCUT2D eigenvalue weighted by molar-refractivity contribution is -0.118. The lowest BCUT2D eigenvalue weighted by atomic mass is 10.1. The highest BCUT2D eigenvalue weighted by Crippen LogP contribution is 2.28. The third-order valence-electron chi connectivity index (χ3n) is 5.53. The second-order valence-corrected chi connectivity index (χ2v) is 8.07. The van der Waals surface area contributed by atoms with Crippen LogP contribution >= 0.6 is 0 Å². The van der Waals surface area contributed by atoms with Crippen LogP contribution in [0.4, 0.5) is 5.69 Å². The predicted molar refractivity (Wildman–Crippen MR) is 137 cm³/mol. The molecule has 184 valence electrons. The van der Waals surface area contributed by atoms with Gasteiger partial charge < -0.3 is 14.8 Å². The Balaban J connectivity index is 1.31. The van der Waals surface area contributed by atoms with E-state index in [-0.39, 0.29) is 18.3 Å². The monoisotopic (exact) mass is 494 g/mol. The normalized spacial score (nSPS) is 10.8. The zero-order valence-electron chi connectivity index (χ0n) is 20.1. The van der Waals surface area contributed by atoms with Crippen molar-refractivity contribution in [2.24, 2.45) is 0 Å². The van der Waals surface area contributed by atoms with E-state index in [0.717, 1.165) is 5.56 Å². The maximum atomic E-state index is 12.6. The zero-order valence-corrected chi connectivity index (χ0v) is 20.1. The van der Waals surface area contributed by atoms with Gasteiger partial charge in [-0.05, 0) is 61.5 Å². The van der Waals surface area contributed by atoms with Gasteiger partial charge in [0, 0.05) is 23.0 Å². The quantitative estimate of drug-likeness (QED) is 0.320. The topological polar surface area (TPSA) is 121 Å². The average Bonchev–Trinajstić information content (AvgIpc) is 3.36. The Hall–Kier alpha value is -5.12. The average molecular weight is 495 g/mol. The number of anilines is 1. The van der Waals surface area contributed by atoms with E-state index >= 15 is 0 Å². The van der Waals surface area contributed by atoms with Crippen molar-refractivity contribution < 1.29 is 19.1 Å². The van der Waals surface area contributed by atoms with Crippen molar-refractivity contribution in [1.82, 2.24) is 24.8 Å². The Morgan fingerprint density at radius 3 is 2.59 bits per heavy atom. The van der Waals surface area contributed by atoms with Crippen LogP contribution in [-0.2, 0) is 4.79 Å². The number of aromatic nitrogens is 5. The summed E-state index contributed by atoms with van der Waals surface area (Å²) in [5, 5.41) is 15.9. The van der Waals surface area contributed by atoms with Gasteiger partial charge in [0.1, 0.15) is 5.69 Å². The van der Waals surface area contributed by atoms with Gasteiger partial charge in [-0.25, -0.2) is 0 Å². The molecule has 0 saturated heterocycles. The second kappa shape index (κ2) is 10.2. The number of pyridine rings is 1. The number of benzene rings is 2. The molecule has 5 rings (SSSR count). The molecule has 3 aromatic heterocycles. The number of hydrogen-bond acceptors (Lipinski definition) is 8. The molecular weight excluding hydrogens is 472 g/mol. The number of amides is 1. The number of ether oxygens (including phenoxy) is 2. The molecule has 0 aliphatic heterocycles. The summed E-state index contributed by atoms with van der Waals surface area (Å²) in [5.41, 5.74) is 3.80. The highest BCUT2D eigenvalue weighted by molar-refractivity contribution is 5.95. The Morgan fingerprint density at radius 2 is 1.81 bits per heavy atom. The van der Waals surface area contributed by atoms with E-state index in [0.29, 0.717) is 45.6 Å². The number of methoxy groups -OCH3 is 1. The number of carbonyl (C=O) groups is 2. The summed E-state index contributed by atoms with van der Waals surface area (Å²) in [6.45, 7) is 1.23. The summed E-state index contributed by atoms with van der Waals surface area (Å²) >= 11 is 0. The molecule has 10 heteroatoms. The van der Waals surface area contributed by atoms with Gasteiger partial charge in [-0.3, -0.25) is 14.6 Å². The summed E-state index contributed by atoms with van der Waals surface area (Å²) in [7, 11) is 1.47. The van der Waals surface area contributed by atoms with Crippen LogP contribution in [0.15, 0.2) is 79.0 Å². The van der Waals surface area contributed by atoms with Gasteiger partial charge in [-0.15, -0.1) is 10.2 Å². The number of rotatable bonds is 8. The lowest BCUT2D eigenvalue weighted by Crippen LogP contribution is -2.20. The number of nitrogens with zero attached hydrogens (tertiary/aromatic N) is 5. The molecule has 0 saturated carbocycles. The smallest absolute Gasteiger partial charge is 0.262 e. The minimum Gasteiger partial charge on any atom is -0.493 e. The molecule has 0 aliphatic carbocycles. The minimum atomic E-state index is -0.352. The first kappa shape index (κ1) is 23.6. The van der Waals surface area contributed by atoms with Crippen LogP contribution < -0.4 is 14.8 Å². The molecule has 0 atom stereocenters. The second-order valence-electron chi connectivity index (χ2n) is 8.07. The van der Waals surface area contributed by atoms with Crippen LogP contribution in [-0.4, -0.2) is 50.2 Å². The van der Waals surface area contributed by atoms with Crippen LogP contribution in [0, 0.1) is 0 Å². The summed E-state index contributed by atoms with van der Waals surface area (Å²) in [6, 6.07) is 21.3. The maximum absolute atomic E-state index is 12.6. The van der Waals surface area contributed by atoms with E-state index in [4.69, 9.17) is 14.6 Å². The molecule has 1 N–H and O–H groups in total. The van der Waals surface area contributed by atoms with Crippen molar-refractivity contribution in [2.45, 2.75) is 6.92 Å². The third kappa shape index (κ3) is 5.13. The molecule has 0 bridgehead atoms. The largest absolute Gasteiger partial charge is 0.493 e. The molecule has 10 nitrogen and oxygen atoms in total. The van der Waals surface area contributed by atoms with Crippen molar-refractivity contribution in [1.29, 1.82) is 0 Å². The molecule has 2 aromatic carbocycles. The van der Waals surface area contributed by atoms with Crippen LogP contribution in [0.25, 0.3) is 28.4 Å². The molecule has 5 aromatic rings. The van der Waals surface area contributed by atoms with Gasteiger partial charge in [0.25, 0.3) is 5.91 Å². The first-order chi connectivity index (χ1) is 18.0. The molecule has 0 fully saturated rings. The minimum absolute atomic E-state index is 0.0895. The number of ketones is 1.